The van der Waals surface area contributed by atoms with Crippen molar-refractivity contribution in [3.05, 3.63) is 29.8 Å². The first kappa shape index (κ1) is 23.3. The Morgan fingerprint density at radius 1 is 1.17 bits per heavy atom. The quantitative estimate of drug-likeness (QED) is 0.259. The van der Waals surface area contributed by atoms with E-state index in [9.17, 15) is 4.79 Å². The van der Waals surface area contributed by atoms with Crippen LogP contribution in [0, 0.1) is 0 Å². The Kier molecular flexibility index (Phi) is 8.80. The van der Waals surface area contributed by atoms with Gasteiger partial charge in [-0.25, -0.2) is 0 Å². The average molecular weight is 525 g/mol. The molecule has 0 bridgehead atoms. The van der Waals surface area contributed by atoms with Gasteiger partial charge in [0.15, 0.2) is 5.96 Å². The van der Waals surface area contributed by atoms with Gasteiger partial charge in [-0.15, -0.1) is 24.0 Å². The fourth-order valence-electron chi connectivity index (χ4n) is 5.07. The summed E-state index contributed by atoms with van der Waals surface area (Å²) in [6, 6.07) is 9.52. The van der Waals surface area contributed by atoms with Crippen LogP contribution >= 0.6 is 24.0 Å². The monoisotopic (exact) mass is 525 g/mol. The lowest BCUT2D eigenvalue weighted by Crippen LogP contribution is -2.45. The zero-order valence-corrected chi connectivity index (χ0v) is 20.4. The van der Waals surface area contributed by atoms with Gasteiger partial charge < -0.3 is 15.5 Å². The molecule has 1 aromatic rings. The van der Waals surface area contributed by atoms with Crippen LogP contribution in [0.1, 0.15) is 50.5 Å². The number of hydrogen-bond acceptors (Lipinski definition) is 3. The van der Waals surface area contributed by atoms with E-state index in [1.165, 1.54) is 44.2 Å². The summed E-state index contributed by atoms with van der Waals surface area (Å²) < 4.78 is 0. The summed E-state index contributed by atoms with van der Waals surface area (Å²) in [4.78, 5) is 21.6. The van der Waals surface area contributed by atoms with Crippen molar-refractivity contribution in [2.45, 2.75) is 63.5 Å². The van der Waals surface area contributed by atoms with Crippen LogP contribution in [0.25, 0.3) is 0 Å². The fourth-order valence-corrected chi connectivity index (χ4v) is 5.07. The molecule has 1 saturated heterocycles. The molecule has 2 heterocycles. The molecule has 2 aliphatic heterocycles. The van der Waals surface area contributed by atoms with E-state index < -0.39 is 0 Å². The Hall–Kier alpha value is -1.35. The van der Waals surface area contributed by atoms with Gasteiger partial charge in [0.25, 0.3) is 0 Å². The Morgan fingerprint density at radius 2 is 1.97 bits per heavy atom. The smallest absolute Gasteiger partial charge is 0.227 e. The number of anilines is 1. The van der Waals surface area contributed by atoms with E-state index in [2.05, 4.69) is 32.7 Å². The summed E-state index contributed by atoms with van der Waals surface area (Å²) in [6.45, 7) is 3.90. The number of carbonyl (C=O) groups excluding carboxylic acids is 1. The molecule has 166 valence electrons. The second-order valence-corrected chi connectivity index (χ2v) is 8.59. The molecular weight excluding hydrogens is 489 g/mol. The van der Waals surface area contributed by atoms with E-state index in [1.807, 2.05) is 24.1 Å². The van der Waals surface area contributed by atoms with Gasteiger partial charge >= 0.3 is 0 Å². The van der Waals surface area contributed by atoms with Gasteiger partial charge in [-0.1, -0.05) is 31.0 Å². The highest BCUT2D eigenvalue weighted by molar-refractivity contribution is 14.0. The maximum Gasteiger partial charge on any atom is 0.227 e. The van der Waals surface area contributed by atoms with Gasteiger partial charge in [-0.05, 0) is 43.7 Å². The number of halogens is 1. The SMILES string of the molecule is CN=C(NCCCC(=O)N1CCc2ccccc21)NC1CCN(C2CCCC2)C1.I. The number of hydrogen-bond donors (Lipinski definition) is 2. The summed E-state index contributed by atoms with van der Waals surface area (Å²) in [5.41, 5.74) is 2.38. The van der Waals surface area contributed by atoms with E-state index in [0.717, 1.165) is 50.2 Å². The molecule has 1 saturated carbocycles. The number of guanidine groups is 1. The molecule has 2 N–H and O–H groups in total. The number of carbonyl (C=O) groups is 1. The summed E-state index contributed by atoms with van der Waals surface area (Å²) in [7, 11) is 1.82. The van der Waals surface area contributed by atoms with Crippen LogP contribution in [0.4, 0.5) is 5.69 Å². The largest absolute Gasteiger partial charge is 0.356 e. The molecule has 30 heavy (non-hydrogen) atoms. The van der Waals surface area contributed by atoms with Crippen molar-refractivity contribution in [2.24, 2.45) is 4.99 Å². The Bertz CT molecular complexity index is 734. The van der Waals surface area contributed by atoms with Crippen molar-refractivity contribution in [1.82, 2.24) is 15.5 Å². The first-order valence-corrected chi connectivity index (χ1v) is 11.3. The minimum Gasteiger partial charge on any atom is -0.356 e. The van der Waals surface area contributed by atoms with E-state index in [4.69, 9.17) is 0 Å². The molecule has 1 atom stereocenters. The number of nitrogens with zero attached hydrogens (tertiary/aromatic N) is 3. The van der Waals surface area contributed by atoms with Crippen LogP contribution in [-0.4, -0.2) is 62.1 Å². The summed E-state index contributed by atoms with van der Waals surface area (Å²) in [5, 5.41) is 6.97. The predicted molar refractivity (Wildman–Crippen MR) is 134 cm³/mol. The number of benzene rings is 1. The van der Waals surface area contributed by atoms with Crippen molar-refractivity contribution in [3.8, 4) is 0 Å². The second-order valence-electron chi connectivity index (χ2n) is 8.59. The van der Waals surface area contributed by atoms with Crippen molar-refractivity contribution >= 4 is 41.5 Å². The topological polar surface area (TPSA) is 60.0 Å². The average Bonchev–Trinajstić information content (AvgIpc) is 3.50. The number of likely N-dealkylation sites (tertiary alicyclic amines) is 1. The molecule has 6 nitrogen and oxygen atoms in total. The maximum absolute atomic E-state index is 12.6. The Labute approximate surface area is 197 Å². The van der Waals surface area contributed by atoms with Crippen molar-refractivity contribution in [1.29, 1.82) is 0 Å². The lowest BCUT2D eigenvalue weighted by molar-refractivity contribution is -0.118. The molecule has 0 radical (unpaired) electrons. The molecule has 3 aliphatic rings. The lowest BCUT2D eigenvalue weighted by atomic mass is 10.2. The van der Waals surface area contributed by atoms with Gasteiger partial charge in [0, 0.05) is 57.4 Å². The third-order valence-electron chi connectivity index (χ3n) is 6.67. The van der Waals surface area contributed by atoms with Gasteiger partial charge in [0.2, 0.25) is 5.91 Å². The normalized spacial score (nSPS) is 22.1. The molecule has 1 aliphatic carbocycles. The highest BCUT2D eigenvalue weighted by atomic mass is 127. The van der Waals surface area contributed by atoms with Crippen LogP contribution in [0.5, 0.6) is 0 Å². The van der Waals surface area contributed by atoms with Gasteiger partial charge in [-0.3, -0.25) is 14.7 Å². The standard InChI is InChI=1S/C23H35N5O.HI/c1-24-23(26-19-13-15-27(17-19)20-8-3-4-9-20)25-14-6-11-22(29)28-16-12-18-7-2-5-10-21(18)28;/h2,5,7,10,19-20H,3-4,6,8-9,11-17H2,1H3,(H2,24,25,26);1H. The fraction of sp³-hybridized carbons (Fsp3) is 0.652. The third kappa shape index (κ3) is 5.66. The van der Waals surface area contributed by atoms with Crippen LogP contribution in [0.15, 0.2) is 29.3 Å². The number of para-hydroxylation sites is 1. The second kappa shape index (κ2) is 11.3. The van der Waals surface area contributed by atoms with Gasteiger partial charge in [0.05, 0.1) is 0 Å². The van der Waals surface area contributed by atoms with E-state index in [1.54, 1.807) is 0 Å². The van der Waals surface area contributed by atoms with Crippen LogP contribution < -0.4 is 15.5 Å². The minimum absolute atomic E-state index is 0. The minimum atomic E-state index is 0. The number of fused-ring (bicyclic) bond motifs is 1. The Balaban J connectivity index is 0.00000256. The first-order chi connectivity index (χ1) is 14.2. The number of nitrogens with one attached hydrogen (secondary N) is 2. The zero-order valence-electron chi connectivity index (χ0n) is 18.1. The van der Waals surface area contributed by atoms with Crippen LogP contribution in [-0.2, 0) is 11.2 Å². The molecule has 7 heteroatoms. The van der Waals surface area contributed by atoms with Crippen molar-refractivity contribution in [3.63, 3.8) is 0 Å². The number of aliphatic imine (C=N–C) groups is 1. The number of rotatable bonds is 6. The van der Waals surface area contributed by atoms with Gasteiger partial charge in [-0.2, -0.15) is 0 Å². The van der Waals surface area contributed by atoms with Crippen molar-refractivity contribution in [2.75, 3.05) is 38.1 Å². The molecule has 1 aromatic carbocycles. The summed E-state index contributed by atoms with van der Waals surface area (Å²) >= 11 is 0. The molecule has 0 aromatic heterocycles. The molecule has 1 amide bonds. The van der Waals surface area contributed by atoms with E-state index >= 15 is 0 Å². The molecule has 2 fully saturated rings. The predicted octanol–water partition coefficient (Wildman–Crippen LogP) is 3.16. The highest BCUT2D eigenvalue weighted by Crippen LogP contribution is 2.28. The van der Waals surface area contributed by atoms with E-state index in [0.29, 0.717) is 12.5 Å². The molecule has 4 rings (SSSR count). The lowest BCUT2D eigenvalue weighted by Gasteiger charge is -2.24. The Morgan fingerprint density at radius 3 is 2.77 bits per heavy atom. The van der Waals surface area contributed by atoms with Crippen LogP contribution in [0.3, 0.4) is 0 Å². The van der Waals surface area contributed by atoms with Gasteiger partial charge in [0.1, 0.15) is 0 Å². The summed E-state index contributed by atoms with van der Waals surface area (Å²) in [5.74, 6) is 1.09. The number of amides is 1. The van der Waals surface area contributed by atoms with E-state index in [-0.39, 0.29) is 29.9 Å². The molecular formula is C23H36IN5O. The molecule has 1 unspecified atom stereocenters. The molecule has 0 spiro atoms. The van der Waals surface area contributed by atoms with Crippen molar-refractivity contribution < 1.29 is 4.79 Å². The maximum atomic E-state index is 12.6. The highest BCUT2D eigenvalue weighted by Gasteiger charge is 2.30. The van der Waals surface area contributed by atoms with Crippen LogP contribution in [0.2, 0.25) is 0 Å². The first-order valence-electron chi connectivity index (χ1n) is 11.3. The summed E-state index contributed by atoms with van der Waals surface area (Å²) in [6.07, 6.45) is 9.06. The third-order valence-corrected chi connectivity index (χ3v) is 6.67. The zero-order chi connectivity index (χ0) is 20.1.